The van der Waals surface area contributed by atoms with E-state index in [0.717, 1.165) is 5.57 Å². The molecule has 0 aliphatic rings. The molecular formula is C8H12ClNOS. The summed E-state index contributed by atoms with van der Waals surface area (Å²) in [5, 5.41) is 0. The predicted octanol–water partition coefficient (Wildman–Crippen LogP) is 3.36. The largest absolute Gasteiger partial charge is 0.405 e. The van der Waals surface area contributed by atoms with E-state index in [9.17, 15) is 0 Å². The van der Waals surface area contributed by atoms with Crippen LogP contribution in [0.3, 0.4) is 0 Å². The van der Waals surface area contributed by atoms with Gasteiger partial charge in [-0.25, -0.2) is 4.99 Å². The molecule has 0 aromatic heterocycles. The molecule has 4 heteroatoms. The molecule has 0 atom stereocenters. The van der Waals surface area contributed by atoms with Gasteiger partial charge in [0.1, 0.15) is 0 Å². The van der Waals surface area contributed by atoms with Crippen molar-refractivity contribution in [2.45, 2.75) is 13.8 Å². The maximum absolute atomic E-state index is 5.44. The molecule has 0 aromatic carbocycles. The van der Waals surface area contributed by atoms with E-state index in [4.69, 9.17) is 15.8 Å². The van der Waals surface area contributed by atoms with Gasteiger partial charge in [-0.2, -0.15) is 0 Å². The van der Waals surface area contributed by atoms with Crippen LogP contribution >= 0.6 is 23.6 Å². The summed E-state index contributed by atoms with van der Waals surface area (Å²) in [7, 11) is 0. The molecule has 12 heavy (non-hydrogen) atoms. The van der Waals surface area contributed by atoms with Crippen LogP contribution in [0, 0.1) is 0 Å². The molecule has 0 amide bonds. The lowest BCUT2D eigenvalue weighted by Crippen LogP contribution is -1.81. The van der Waals surface area contributed by atoms with Crippen molar-refractivity contribution < 1.29 is 4.18 Å². The Bertz CT molecular complexity index is 211. The van der Waals surface area contributed by atoms with Gasteiger partial charge in [0, 0.05) is 12.5 Å². The zero-order chi connectivity index (χ0) is 9.40. The summed E-state index contributed by atoms with van der Waals surface area (Å²) in [6.07, 6.45) is 5.46. The van der Waals surface area contributed by atoms with E-state index in [1.54, 1.807) is 12.5 Å². The first-order valence-electron chi connectivity index (χ1n) is 3.42. The monoisotopic (exact) mass is 205 g/mol. The Hall–Kier alpha value is -0.410. The maximum Gasteiger partial charge on any atom is 0.239 e. The number of hydrogen-bond acceptors (Lipinski definition) is 3. The van der Waals surface area contributed by atoms with Crippen molar-refractivity contribution in [2.75, 3.05) is 6.26 Å². The van der Waals surface area contributed by atoms with Gasteiger partial charge in [0.2, 0.25) is 5.88 Å². The van der Waals surface area contributed by atoms with E-state index in [0.29, 0.717) is 5.88 Å². The van der Waals surface area contributed by atoms with Crippen LogP contribution in [0.25, 0.3) is 0 Å². The average Bonchev–Trinajstić information content (AvgIpc) is 2.11. The first-order valence-corrected chi connectivity index (χ1v) is 5.01. The third kappa shape index (κ3) is 5.27. The number of allylic oxidation sites excluding steroid dienone is 2. The lowest BCUT2D eigenvalue weighted by molar-refractivity contribution is 0.498. The van der Waals surface area contributed by atoms with E-state index in [1.165, 1.54) is 17.6 Å². The fourth-order valence-electron chi connectivity index (χ4n) is 0.393. The van der Waals surface area contributed by atoms with Crippen molar-refractivity contribution in [3.05, 3.63) is 23.1 Å². The standard InChI is InChI=1S/C8H12ClNOS/c1-4-7(2)6-10-8(5-9)11-12-3/h4-6H,1-3H3/b7-4-,8-5-,10-6-. The zero-order valence-electron chi connectivity index (χ0n) is 7.37. The van der Waals surface area contributed by atoms with Gasteiger partial charge in [0.05, 0.1) is 17.6 Å². The van der Waals surface area contributed by atoms with E-state index in [1.807, 2.05) is 19.9 Å². The first kappa shape index (κ1) is 11.6. The van der Waals surface area contributed by atoms with Gasteiger partial charge in [-0.1, -0.05) is 17.7 Å². The smallest absolute Gasteiger partial charge is 0.239 e. The highest BCUT2D eigenvalue weighted by Crippen LogP contribution is 2.09. The minimum Gasteiger partial charge on any atom is -0.405 e. The Balaban J connectivity index is 4.12. The molecule has 0 radical (unpaired) electrons. The van der Waals surface area contributed by atoms with Gasteiger partial charge >= 0.3 is 0 Å². The summed E-state index contributed by atoms with van der Waals surface area (Å²) in [6.45, 7) is 3.90. The second kappa shape index (κ2) is 7.25. The summed E-state index contributed by atoms with van der Waals surface area (Å²) in [5.41, 5.74) is 2.37. The number of rotatable bonds is 4. The fourth-order valence-corrected chi connectivity index (χ4v) is 0.809. The van der Waals surface area contributed by atoms with Crippen LogP contribution in [-0.2, 0) is 4.18 Å². The quantitative estimate of drug-likeness (QED) is 0.399. The predicted molar refractivity (Wildman–Crippen MR) is 56.5 cm³/mol. The zero-order valence-corrected chi connectivity index (χ0v) is 8.95. The number of halogens is 1. The Labute approximate surface area is 82.6 Å². The lowest BCUT2D eigenvalue weighted by Gasteiger charge is -1.97. The van der Waals surface area contributed by atoms with Crippen LogP contribution in [0.1, 0.15) is 13.8 Å². The Morgan fingerprint density at radius 2 is 2.25 bits per heavy atom. The molecule has 0 spiro atoms. The summed E-state index contributed by atoms with van der Waals surface area (Å²) < 4.78 is 5.01. The Morgan fingerprint density at radius 3 is 2.67 bits per heavy atom. The van der Waals surface area contributed by atoms with Crippen molar-refractivity contribution in [3.63, 3.8) is 0 Å². The van der Waals surface area contributed by atoms with Crippen molar-refractivity contribution >= 4 is 29.9 Å². The Morgan fingerprint density at radius 1 is 1.58 bits per heavy atom. The SMILES string of the molecule is C\C=C(C)/C=N\C(=C\Cl)OSC. The van der Waals surface area contributed by atoms with Crippen LogP contribution in [0.2, 0.25) is 0 Å². The van der Waals surface area contributed by atoms with Gasteiger partial charge in [0.25, 0.3) is 0 Å². The lowest BCUT2D eigenvalue weighted by atomic mass is 10.3. The molecule has 0 N–H and O–H groups in total. The molecule has 0 aromatic rings. The van der Waals surface area contributed by atoms with Crippen molar-refractivity contribution in [1.29, 1.82) is 0 Å². The maximum atomic E-state index is 5.44. The second-order valence-electron chi connectivity index (χ2n) is 1.99. The summed E-state index contributed by atoms with van der Waals surface area (Å²) in [4.78, 5) is 4.00. The molecule has 0 saturated heterocycles. The van der Waals surface area contributed by atoms with E-state index in [2.05, 4.69) is 4.99 Å². The van der Waals surface area contributed by atoms with Crippen LogP contribution < -0.4 is 0 Å². The van der Waals surface area contributed by atoms with E-state index < -0.39 is 0 Å². The number of aliphatic imine (C=N–C) groups is 1. The molecule has 0 heterocycles. The Kier molecular flexibility index (Phi) is 7.00. The van der Waals surface area contributed by atoms with Gasteiger partial charge in [-0.15, -0.1) is 0 Å². The molecule has 0 bridgehead atoms. The third-order valence-corrected chi connectivity index (χ3v) is 1.64. The van der Waals surface area contributed by atoms with Crippen molar-refractivity contribution in [3.8, 4) is 0 Å². The normalized spacial score (nSPS) is 14.0. The molecule has 0 aliphatic carbocycles. The summed E-state index contributed by atoms with van der Waals surface area (Å²) in [5.74, 6) is 0.408. The van der Waals surface area contributed by atoms with Gasteiger partial charge in [-0.05, 0) is 19.4 Å². The number of hydrogen-bond donors (Lipinski definition) is 0. The second-order valence-corrected chi connectivity index (χ2v) is 2.71. The van der Waals surface area contributed by atoms with Crippen molar-refractivity contribution in [1.82, 2.24) is 0 Å². The fraction of sp³-hybridized carbons (Fsp3) is 0.375. The van der Waals surface area contributed by atoms with Crippen LogP contribution in [0.15, 0.2) is 28.1 Å². The van der Waals surface area contributed by atoms with Crippen molar-refractivity contribution in [2.24, 2.45) is 4.99 Å². The topological polar surface area (TPSA) is 21.6 Å². The highest BCUT2D eigenvalue weighted by Gasteiger charge is 1.90. The molecule has 2 nitrogen and oxygen atoms in total. The molecule has 0 unspecified atom stereocenters. The van der Waals surface area contributed by atoms with E-state index in [-0.39, 0.29) is 0 Å². The molecule has 0 saturated carbocycles. The average molecular weight is 206 g/mol. The van der Waals surface area contributed by atoms with Gasteiger partial charge in [0.15, 0.2) is 0 Å². The summed E-state index contributed by atoms with van der Waals surface area (Å²) in [6, 6.07) is 0. The molecular weight excluding hydrogens is 194 g/mol. The molecule has 0 rings (SSSR count). The van der Waals surface area contributed by atoms with Crippen LogP contribution in [0.4, 0.5) is 0 Å². The minimum atomic E-state index is 0.408. The summed E-state index contributed by atoms with van der Waals surface area (Å²) >= 11 is 6.65. The van der Waals surface area contributed by atoms with Crippen LogP contribution in [-0.4, -0.2) is 12.5 Å². The number of nitrogens with zero attached hydrogens (tertiary/aromatic N) is 1. The third-order valence-electron chi connectivity index (χ3n) is 1.11. The molecule has 68 valence electrons. The highest BCUT2D eigenvalue weighted by molar-refractivity contribution is 7.94. The van der Waals surface area contributed by atoms with Gasteiger partial charge in [-0.3, -0.25) is 0 Å². The van der Waals surface area contributed by atoms with Crippen LogP contribution in [0.5, 0.6) is 0 Å². The van der Waals surface area contributed by atoms with E-state index >= 15 is 0 Å². The molecule has 0 fully saturated rings. The van der Waals surface area contributed by atoms with Gasteiger partial charge < -0.3 is 4.18 Å². The minimum absolute atomic E-state index is 0.408. The first-order chi connectivity index (χ1) is 5.74. The highest BCUT2D eigenvalue weighted by atomic mass is 35.5. The molecule has 0 aliphatic heterocycles.